The lowest BCUT2D eigenvalue weighted by atomic mass is 10.3. The van der Waals surface area contributed by atoms with Crippen LogP contribution in [0.5, 0.6) is 0 Å². The maximum Gasteiger partial charge on any atom is 0.0199 e. The molecule has 0 aliphatic carbocycles. The minimum Gasteiger partial charge on any atom is -0.388 e. The molecule has 0 heterocycles. The van der Waals surface area contributed by atoms with E-state index in [1.165, 1.54) is 0 Å². The summed E-state index contributed by atoms with van der Waals surface area (Å²) in [7, 11) is 0. The molecule has 1 N–H and O–H groups in total. The summed E-state index contributed by atoms with van der Waals surface area (Å²) < 4.78 is 0. The lowest BCUT2D eigenvalue weighted by Gasteiger charge is -2.03. The van der Waals surface area contributed by atoms with Crippen LogP contribution in [0.3, 0.4) is 0 Å². The van der Waals surface area contributed by atoms with Crippen LogP contribution < -0.4 is 5.32 Å². The van der Waals surface area contributed by atoms with Crippen molar-refractivity contribution in [2.24, 2.45) is 5.92 Å². The molecule has 2 heteroatoms. The summed E-state index contributed by atoms with van der Waals surface area (Å²) in [6.07, 6.45) is 2.01. The minimum absolute atomic E-state index is 0.545. The van der Waals surface area contributed by atoms with Gasteiger partial charge in [-0.2, -0.15) is 0 Å². The summed E-state index contributed by atoms with van der Waals surface area (Å²) in [5.74, 6) is 0.833. The van der Waals surface area contributed by atoms with Gasteiger partial charge in [0, 0.05) is 17.5 Å². The molecule has 0 spiro atoms. The zero-order valence-electron chi connectivity index (χ0n) is 12.8. The van der Waals surface area contributed by atoms with Crippen LogP contribution in [0.1, 0.15) is 62.3 Å². The summed E-state index contributed by atoms with van der Waals surface area (Å²) in [5.41, 5.74) is 0. The minimum atomic E-state index is 0.545. The fraction of sp³-hybridized carbons (Fsp3) is 0.857. The Bertz CT molecular complexity index is 114. The first-order valence-corrected chi connectivity index (χ1v) is 7.37. The van der Waals surface area contributed by atoms with Gasteiger partial charge in [-0.3, -0.25) is 0 Å². The first kappa shape index (κ1) is 21.2. The van der Waals surface area contributed by atoms with Gasteiger partial charge in [0.25, 0.3) is 0 Å². The van der Waals surface area contributed by atoms with E-state index < -0.39 is 0 Å². The largest absolute Gasteiger partial charge is 0.388 e. The summed E-state index contributed by atoms with van der Waals surface area (Å²) in [6.45, 7) is 19.1. The lowest BCUT2D eigenvalue weighted by molar-refractivity contribution is 0.703. The fourth-order valence-electron chi connectivity index (χ4n) is 0.428. The van der Waals surface area contributed by atoms with Crippen molar-refractivity contribution >= 4 is 11.8 Å². The highest BCUT2D eigenvalue weighted by atomic mass is 32.2. The molecule has 0 radical (unpaired) electrons. The Morgan fingerprint density at radius 3 is 1.50 bits per heavy atom. The van der Waals surface area contributed by atoms with E-state index in [0.29, 0.717) is 11.3 Å². The smallest absolute Gasteiger partial charge is 0.0199 e. The maximum atomic E-state index is 3.20. The first-order chi connectivity index (χ1) is 7.36. The summed E-state index contributed by atoms with van der Waals surface area (Å²) >= 11 is 1.83. The van der Waals surface area contributed by atoms with Gasteiger partial charge >= 0.3 is 0 Å². The van der Waals surface area contributed by atoms with E-state index in [0.717, 1.165) is 5.92 Å². The molecule has 16 heavy (non-hydrogen) atoms. The highest BCUT2D eigenvalue weighted by Crippen LogP contribution is 2.08. The van der Waals surface area contributed by atoms with Gasteiger partial charge in [0.05, 0.1) is 0 Å². The van der Waals surface area contributed by atoms with Crippen molar-refractivity contribution in [3.05, 3.63) is 11.6 Å². The maximum absolute atomic E-state index is 3.20. The van der Waals surface area contributed by atoms with Gasteiger partial charge in [0.2, 0.25) is 0 Å². The molecule has 1 nitrogen and oxygen atoms in total. The van der Waals surface area contributed by atoms with Gasteiger partial charge in [0.1, 0.15) is 0 Å². The highest BCUT2D eigenvalue weighted by Gasteiger charge is 1.87. The average Bonchev–Trinajstić information content (AvgIpc) is 2.14. The van der Waals surface area contributed by atoms with Crippen LogP contribution in [0.2, 0.25) is 0 Å². The molecule has 0 aliphatic rings. The van der Waals surface area contributed by atoms with E-state index in [2.05, 4.69) is 59.2 Å². The lowest BCUT2D eigenvalue weighted by Crippen LogP contribution is -2.14. The topological polar surface area (TPSA) is 12.0 Å². The second-order valence-electron chi connectivity index (χ2n) is 4.54. The van der Waals surface area contributed by atoms with Gasteiger partial charge < -0.3 is 5.32 Å². The van der Waals surface area contributed by atoms with Crippen molar-refractivity contribution in [3.8, 4) is 0 Å². The molecule has 0 saturated heterocycles. The molecule has 0 fully saturated rings. The van der Waals surface area contributed by atoms with Crippen LogP contribution in [0.15, 0.2) is 11.6 Å². The molecule has 0 saturated carbocycles. The first-order valence-electron chi connectivity index (χ1n) is 6.42. The number of hydrogen-bond acceptors (Lipinski definition) is 2. The fourth-order valence-corrected chi connectivity index (χ4v) is 0.900. The SMILES string of the molecule is CC.CC(C)C.CC(C)NC=CSC(C)C. The summed E-state index contributed by atoms with van der Waals surface area (Å²) in [5, 5.41) is 5.99. The monoisotopic (exact) mass is 247 g/mol. The molecular weight excluding hydrogens is 214 g/mol. The van der Waals surface area contributed by atoms with Crippen LogP contribution in [0.25, 0.3) is 0 Å². The molecule has 0 rings (SSSR count). The molecule has 0 aliphatic heterocycles. The summed E-state index contributed by atoms with van der Waals surface area (Å²) in [6, 6.07) is 0.545. The molecule has 0 atom stereocenters. The van der Waals surface area contributed by atoms with Crippen molar-refractivity contribution in [2.75, 3.05) is 0 Å². The van der Waals surface area contributed by atoms with Crippen molar-refractivity contribution in [3.63, 3.8) is 0 Å². The quantitative estimate of drug-likeness (QED) is 0.725. The second-order valence-corrected chi connectivity index (χ2v) is 6.03. The zero-order chi connectivity index (χ0) is 13.6. The third kappa shape index (κ3) is 48.6. The third-order valence-electron chi connectivity index (χ3n) is 0.848. The van der Waals surface area contributed by atoms with Gasteiger partial charge in [-0.15, -0.1) is 11.8 Å². The zero-order valence-corrected chi connectivity index (χ0v) is 13.6. The molecule has 0 amide bonds. The Morgan fingerprint density at radius 2 is 1.25 bits per heavy atom. The Labute approximate surface area is 108 Å². The van der Waals surface area contributed by atoms with Crippen molar-refractivity contribution in [2.45, 2.75) is 73.6 Å². The summed E-state index contributed by atoms with van der Waals surface area (Å²) in [4.78, 5) is 0. The number of rotatable bonds is 4. The van der Waals surface area contributed by atoms with E-state index in [1.807, 2.05) is 31.8 Å². The van der Waals surface area contributed by atoms with Gasteiger partial charge in [-0.25, -0.2) is 0 Å². The number of thioether (sulfide) groups is 1. The van der Waals surface area contributed by atoms with Crippen molar-refractivity contribution in [1.82, 2.24) is 5.32 Å². The van der Waals surface area contributed by atoms with Crippen LogP contribution in [0.4, 0.5) is 0 Å². The normalized spacial score (nSPS) is 10.0. The Balaban J connectivity index is -0.000000237. The number of hydrogen-bond donors (Lipinski definition) is 1. The molecule has 100 valence electrons. The standard InChI is InChI=1S/C8H17NS.C4H10.C2H6/c1-7(2)9-5-6-10-8(3)4;1-4(2)3;1-2/h5-9H,1-4H3;4H,1-3H3;1-2H3. The van der Waals surface area contributed by atoms with Crippen LogP contribution in [-0.4, -0.2) is 11.3 Å². The van der Waals surface area contributed by atoms with E-state index in [-0.39, 0.29) is 0 Å². The van der Waals surface area contributed by atoms with E-state index in [9.17, 15) is 0 Å². The molecule has 0 unspecified atom stereocenters. The molecule has 0 aromatic rings. The molecule has 0 aromatic carbocycles. The molecular formula is C14H33NS. The second kappa shape index (κ2) is 17.3. The number of nitrogens with one attached hydrogen (secondary N) is 1. The van der Waals surface area contributed by atoms with Gasteiger partial charge in [-0.1, -0.05) is 48.5 Å². The Kier molecular flexibility index (Phi) is 22.9. The van der Waals surface area contributed by atoms with E-state index in [4.69, 9.17) is 0 Å². The van der Waals surface area contributed by atoms with Crippen molar-refractivity contribution < 1.29 is 0 Å². The van der Waals surface area contributed by atoms with E-state index in [1.54, 1.807) is 0 Å². The highest BCUT2D eigenvalue weighted by molar-refractivity contribution is 8.02. The molecule has 0 bridgehead atoms. The predicted molar refractivity (Wildman–Crippen MR) is 82.0 cm³/mol. The van der Waals surface area contributed by atoms with Crippen molar-refractivity contribution in [1.29, 1.82) is 0 Å². The third-order valence-corrected chi connectivity index (χ3v) is 1.69. The van der Waals surface area contributed by atoms with Gasteiger partial charge in [-0.05, 0) is 25.2 Å². The Morgan fingerprint density at radius 1 is 0.875 bits per heavy atom. The molecule has 0 aromatic heterocycles. The van der Waals surface area contributed by atoms with Crippen LogP contribution in [0, 0.1) is 5.92 Å². The van der Waals surface area contributed by atoms with Gasteiger partial charge in [0.15, 0.2) is 0 Å². The van der Waals surface area contributed by atoms with E-state index >= 15 is 0 Å². The van der Waals surface area contributed by atoms with Crippen LogP contribution >= 0.6 is 11.8 Å². The van der Waals surface area contributed by atoms with Crippen LogP contribution in [-0.2, 0) is 0 Å². The average molecular weight is 247 g/mol. The predicted octanol–water partition coefficient (Wildman–Crippen LogP) is 5.29. The Hall–Kier alpha value is -0.110.